The number of hydrogen-bond donors (Lipinski definition) is 0. The topological polar surface area (TPSA) is 35.8 Å². The molecular weight excluding hydrogens is 356 g/mol. The highest BCUT2D eigenvalue weighted by Gasteiger charge is 2.08. The molecule has 3 aromatic rings. The number of unbranched alkanes of at least 4 members (excludes halogenated alkanes) is 2. The minimum absolute atomic E-state index is 0.842. The van der Waals surface area contributed by atoms with E-state index in [0.717, 1.165) is 35.0 Å². The maximum atomic E-state index is 5.28. The van der Waals surface area contributed by atoms with E-state index in [0.29, 0.717) is 0 Å². The largest absolute Gasteiger partial charge is 0.497 e. The van der Waals surface area contributed by atoms with Gasteiger partial charge in [-0.2, -0.15) is 0 Å². The van der Waals surface area contributed by atoms with Gasteiger partial charge in [-0.05, 0) is 60.5 Å². The van der Waals surface area contributed by atoms with Gasteiger partial charge in [0, 0.05) is 11.9 Å². The van der Waals surface area contributed by atoms with Crippen LogP contribution in [0.5, 0.6) is 11.5 Å². The van der Waals surface area contributed by atoms with Crippen molar-refractivity contribution in [3.05, 3.63) is 58.7 Å². The molecule has 0 fully saturated rings. The molecule has 0 amide bonds. The molecule has 0 aliphatic rings. The van der Waals surface area contributed by atoms with E-state index in [2.05, 4.69) is 29.0 Å². The number of aromatic nitrogens is 1. The van der Waals surface area contributed by atoms with Gasteiger partial charge in [-0.1, -0.05) is 19.8 Å². The molecule has 0 saturated carbocycles. The number of rotatable bonds is 8. The Balaban J connectivity index is 1.99. The Bertz CT molecular complexity index is 909. The van der Waals surface area contributed by atoms with Crippen molar-refractivity contribution in [2.45, 2.75) is 32.7 Å². The molecule has 0 atom stereocenters. The van der Waals surface area contributed by atoms with Gasteiger partial charge in [0.1, 0.15) is 11.5 Å². The Labute approximate surface area is 164 Å². The Kier molecular flexibility index (Phi) is 6.71. The van der Waals surface area contributed by atoms with Gasteiger partial charge in [0.15, 0.2) is 4.80 Å². The van der Waals surface area contributed by atoms with E-state index >= 15 is 0 Å². The molecular formula is C22H26N2O2S. The van der Waals surface area contributed by atoms with E-state index in [1.807, 2.05) is 36.4 Å². The third-order valence-corrected chi connectivity index (χ3v) is 5.33. The summed E-state index contributed by atoms with van der Waals surface area (Å²) < 4.78 is 12.8. The summed E-state index contributed by atoms with van der Waals surface area (Å²) in [6.45, 7) is 3.19. The number of nitrogens with zero attached hydrogens (tertiary/aromatic N) is 2. The Morgan fingerprint density at radius 1 is 0.889 bits per heavy atom. The lowest BCUT2D eigenvalue weighted by Gasteiger charge is -2.10. The van der Waals surface area contributed by atoms with Crippen LogP contribution in [0.2, 0.25) is 0 Å². The number of thiazole rings is 1. The third-order valence-electron chi connectivity index (χ3n) is 4.47. The summed E-state index contributed by atoms with van der Waals surface area (Å²) in [6.07, 6.45) is 3.56. The predicted molar refractivity (Wildman–Crippen MR) is 112 cm³/mol. The lowest BCUT2D eigenvalue weighted by atomic mass is 10.1. The molecule has 0 aliphatic heterocycles. The average Bonchev–Trinajstić information content (AvgIpc) is 3.11. The third kappa shape index (κ3) is 4.80. The van der Waals surface area contributed by atoms with E-state index in [4.69, 9.17) is 14.5 Å². The first-order valence-corrected chi connectivity index (χ1v) is 10.1. The first kappa shape index (κ1) is 19.2. The van der Waals surface area contributed by atoms with Crippen LogP contribution < -0.4 is 14.3 Å². The lowest BCUT2D eigenvalue weighted by molar-refractivity contribution is 0.414. The molecule has 4 nitrogen and oxygen atoms in total. The highest BCUT2D eigenvalue weighted by atomic mass is 32.1. The highest BCUT2D eigenvalue weighted by molar-refractivity contribution is 7.07. The second kappa shape index (κ2) is 9.42. The Hall–Kier alpha value is -2.53. The van der Waals surface area contributed by atoms with Gasteiger partial charge in [-0.15, -0.1) is 11.3 Å². The van der Waals surface area contributed by atoms with E-state index < -0.39 is 0 Å². The summed E-state index contributed by atoms with van der Waals surface area (Å²) in [4.78, 5) is 5.89. The van der Waals surface area contributed by atoms with E-state index in [1.165, 1.54) is 24.1 Å². The number of hydrogen-bond acceptors (Lipinski definition) is 4. The minimum Gasteiger partial charge on any atom is -0.497 e. The van der Waals surface area contributed by atoms with Crippen LogP contribution in [-0.4, -0.2) is 18.8 Å². The predicted octanol–water partition coefficient (Wildman–Crippen LogP) is 5.66. The highest BCUT2D eigenvalue weighted by Crippen LogP contribution is 2.24. The molecule has 142 valence electrons. The Morgan fingerprint density at radius 3 is 2.11 bits per heavy atom. The monoisotopic (exact) mass is 382 g/mol. The lowest BCUT2D eigenvalue weighted by Crippen LogP contribution is -2.16. The maximum Gasteiger partial charge on any atom is 0.190 e. The summed E-state index contributed by atoms with van der Waals surface area (Å²) in [5.74, 6) is 1.71. The van der Waals surface area contributed by atoms with Crippen LogP contribution in [0.15, 0.2) is 58.9 Å². The molecule has 0 unspecified atom stereocenters. The van der Waals surface area contributed by atoms with Gasteiger partial charge in [-0.3, -0.25) is 0 Å². The minimum atomic E-state index is 0.842. The zero-order valence-corrected chi connectivity index (χ0v) is 17.0. The average molecular weight is 383 g/mol. The van der Waals surface area contributed by atoms with Crippen LogP contribution >= 0.6 is 11.3 Å². The molecule has 27 heavy (non-hydrogen) atoms. The van der Waals surface area contributed by atoms with Gasteiger partial charge in [-0.25, -0.2) is 4.99 Å². The van der Waals surface area contributed by atoms with Gasteiger partial charge < -0.3 is 14.0 Å². The van der Waals surface area contributed by atoms with Crippen LogP contribution in [-0.2, 0) is 6.54 Å². The summed E-state index contributed by atoms with van der Waals surface area (Å²) in [5.41, 5.74) is 3.31. The second-order valence-electron chi connectivity index (χ2n) is 6.30. The van der Waals surface area contributed by atoms with E-state index in [-0.39, 0.29) is 0 Å². The number of benzene rings is 2. The normalized spacial score (nSPS) is 11.6. The molecule has 0 saturated heterocycles. The van der Waals surface area contributed by atoms with Crippen LogP contribution in [0.4, 0.5) is 5.69 Å². The van der Waals surface area contributed by atoms with Crippen molar-refractivity contribution in [2.24, 2.45) is 4.99 Å². The molecule has 1 heterocycles. The smallest absolute Gasteiger partial charge is 0.190 e. The molecule has 0 N–H and O–H groups in total. The summed E-state index contributed by atoms with van der Waals surface area (Å²) in [6, 6.07) is 16.1. The molecule has 0 bridgehead atoms. The van der Waals surface area contributed by atoms with E-state index in [9.17, 15) is 0 Å². The van der Waals surface area contributed by atoms with Gasteiger partial charge >= 0.3 is 0 Å². The van der Waals surface area contributed by atoms with E-state index in [1.54, 1.807) is 25.6 Å². The first-order valence-electron chi connectivity index (χ1n) is 9.26. The molecule has 0 aliphatic carbocycles. The van der Waals surface area contributed by atoms with Crippen molar-refractivity contribution < 1.29 is 9.47 Å². The Morgan fingerprint density at radius 2 is 1.52 bits per heavy atom. The summed E-state index contributed by atoms with van der Waals surface area (Å²) >= 11 is 1.68. The first-order chi connectivity index (χ1) is 13.2. The number of ether oxygens (including phenoxy) is 2. The number of methoxy groups -OCH3 is 2. The van der Waals surface area contributed by atoms with Gasteiger partial charge in [0.2, 0.25) is 0 Å². The molecule has 5 heteroatoms. The van der Waals surface area contributed by atoms with Crippen LogP contribution in [0.3, 0.4) is 0 Å². The maximum absolute atomic E-state index is 5.28. The molecule has 0 spiro atoms. The summed E-state index contributed by atoms with van der Waals surface area (Å²) in [7, 11) is 3.37. The van der Waals surface area contributed by atoms with Crippen molar-refractivity contribution in [3.8, 4) is 22.8 Å². The molecule has 0 radical (unpaired) electrons. The molecule has 3 rings (SSSR count). The van der Waals surface area contributed by atoms with Crippen molar-refractivity contribution in [1.82, 2.24) is 4.57 Å². The van der Waals surface area contributed by atoms with Crippen molar-refractivity contribution in [1.29, 1.82) is 0 Å². The van der Waals surface area contributed by atoms with Crippen molar-refractivity contribution >= 4 is 17.0 Å². The van der Waals surface area contributed by atoms with Crippen LogP contribution in [0.1, 0.15) is 26.2 Å². The summed E-state index contributed by atoms with van der Waals surface area (Å²) in [5, 5.41) is 2.19. The fourth-order valence-corrected chi connectivity index (χ4v) is 3.87. The van der Waals surface area contributed by atoms with Crippen LogP contribution in [0.25, 0.3) is 11.3 Å². The standard InChI is InChI=1S/C22H26N2O2S/c1-4-5-6-15-24-21(17-7-11-19(25-2)12-8-17)16-27-22(24)23-18-9-13-20(26-3)14-10-18/h7-14,16H,4-6,15H2,1-3H3. The zero-order valence-electron chi connectivity index (χ0n) is 16.1. The molecule has 1 aromatic heterocycles. The molecule has 2 aromatic carbocycles. The zero-order chi connectivity index (χ0) is 19.1. The quantitative estimate of drug-likeness (QED) is 0.472. The van der Waals surface area contributed by atoms with Crippen molar-refractivity contribution in [2.75, 3.05) is 14.2 Å². The fraction of sp³-hybridized carbons (Fsp3) is 0.318. The van der Waals surface area contributed by atoms with Gasteiger partial charge in [0.05, 0.1) is 25.6 Å². The van der Waals surface area contributed by atoms with Crippen LogP contribution in [0, 0.1) is 0 Å². The fourth-order valence-electron chi connectivity index (χ4n) is 2.91. The SMILES string of the molecule is CCCCCn1c(-c2ccc(OC)cc2)csc1=Nc1ccc(OC)cc1. The second-order valence-corrected chi connectivity index (χ2v) is 7.14. The van der Waals surface area contributed by atoms with Gasteiger partial charge in [0.25, 0.3) is 0 Å². The van der Waals surface area contributed by atoms with Crippen molar-refractivity contribution in [3.63, 3.8) is 0 Å².